The lowest BCUT2D eigenvalue weighted by Gasteiger charge is -2.07. The van der Waals surface area contributed by atoms with Gasteiger partial charge in [0, 0.05) is 19.8 Å². The summed E-state index contributed by atoms with van der Waals surface area (Å²) in [6, 6.07) is 3.37. The summed E-state index contributed by atoms with van der Waals surface area (Å²) >= 11 is 1.61. The lowest BCUT2D eigenvalue weighted by atomic mass is 10.2. The Balaban J connectivity index is 1.96. The molecule has 0 aliphatic rings. The predicted molar refractivity (Wildman–Crippen MR) is 74.1 cm³/mol. The van der Waals surface area contributed by atoms with E-state index < -0.39 is 11.7 Å². The zero-order valence-corrected chi connectivity index (χ0v) is 11.3. The third-order valence-corrected chi connectivity index (χ3v) is 3.38. The number of hydrogen-bond acceptors (Lipinski definition) is 4. The van der Waals surface area contributed by atoms with Crippen LogP contribution in [0, 0.1) is 5.82 Å². The molecule has 0 spiro atoms. The first kappa shape index (κ1) is 13.5. The molecule has 2 rings (SSSR count). The van der Waals surface area contributed by atoms with E-state index in [1.54, 1.807) is 18.4 Å². The molecule has 0 saturated heterocycles. The molecule has 4 nitrogen and oxygen atoms in total. The molecular formula is C13H14FN3OS. The van der Waals surface area contributed by atoms with E-state index in [1.165, 1.54) is 12.3 Å². The van der Waals surface area contributed by atoms with Crippen molar-refractivity contribution in [1.29, 1.82) is 0 Å². The van der Waals surface area contributed by atoms with Crippen LogP contribution in [-0.4, -0.2) is 24.5 Å². The molecule has 1 amide bonds. The van der Waals surface area contributed by atoms with Gasteiger partial charge in [-0.25, -0.2) is 9.37 Å². The number of carbonyl (C=O) groups is 1. The summed E-state index contributed by atoms with van der Waals surface area (Å²) in [6.45, 7) is 0.478. The minimum atomic E-state index is -0.627. The highest BCUT2D eigenvalue weighted by Crippen LogP contribution is 2.14. The van der Waals surface area contributed by atoms with E-state index in [0.29, 0.717) is 6.54 Å². The van der Waals surface area contributed by atoms with Crippen LogP contribution in [-0.2, 0) is 6.42 Å². The van der Waals surface area contributed by atoms with Gasteiger partial charge in [0.05, 0.1) is 5.56 Å². The maximum Gasteiger partial charge on any atom is 0.254 e. The van der Waals surface area contributed by atoms with Crippen molar-refractivity contribution in [3.8, 4) is 0 Å². The quantitative estimate of drug-likeness (QED) is 0.883. The molecule has 0 radical (unpaired) electrons. The molecular weight excluding hydrogens is 265 g/mol. The minimum absolute atomic E-state index is 0.00432. The van der Waals surface area contributed by atoms with Crippen LogP contribution in [0.5, 0.6) is 0 Å². The summed E-state index contributed by atoms with van der Waals surface area (Å²) in [7, 11) is 1.56. The van der Waals surface area contributed by atoms with Crippen LogP contribution in [0.3, 0.4) is 0 Å². The fraction of sp³-hybridized carbons (Fsp3) is 0.231. The Kier molecular flexibility index (Phi) is 4.46. The second kappa shape index (κ2) is 6.29. The summed E-state index contributed by atoms with van der Waals surface area (Å²) in [5.74, 6) is -0.977. The zero-order valence-electron chi connectivity index (χ0n) is 10.4. The first-order valence-electron chi connectivity index (χ1n) is 5.84. The van der Waals surface area contributed by atoms with Gasteiger partial charge in [-0.1, -0.05) is 0 Å². The minimum Gasteiger partial charge on any atom is -0.371 e. The van der Waals surface area contributed by atoms with Crippen LogP contribution in [0.2, 0.25) is 0 Å². The maximum absolute atomic E-state index is 13.8. The van der Waals surface area contributed by atoms with Gasteiger partial charge < -0.3 is 10.6 Å². The Labute approximate surface area is 114 Å². The van der Waals surface area contributed by atoms with Crippen LogP contribution in [0.4, 0.5) is 10.2 Å². The van der Waals surface area contributed by atoms with Gasteiger partial charge in [0.2, 0.25) is 0 Å². The predicted octanol–water partition coefficient (Wildman–Crippen LogP) is 2.30. The van der Waals surface area contributed by atoms with Gasteiger partial charge in [-0.3, -0.25) is 4.79 Å². The third-order valence-electron chi connectivity index (χ3n) is 2.65. The van der Waals surface area contributed by atoms with Crippen LogP contribution in [0.25, 0.3) is 0 Å². The number of pyridine rings is 1. The number of halogens is 1. The van der Waals surface area contributed by atoms with E-state index in [4.69, 9.17) is 0 Å². The molecule has 0 aliphatic heterocycles. The number of amides is 1. The van der Waals surface area contributed by atoms with Crippen LogP contribution >= 0.6 is 11.3 Å². The SMILES string of the molecule is CNc1nccc(C(=O)NCCc2ccsc2)c1F. The smallest absolute Gasteiger partial charge is 0.254 e. The van der Waals surface area contributed by atoms with E-state index in [1.807, 2.05) is 16.8 Å². The van der Waals surface area contributed by atoms with Gasteiger partial charge >= 0.3 is 0 Å². The third kappa shape index (κ3) is 3.29. The average Bonchev–Trinajstić information content (AvgIpc) is 2.92. The molecule has 19 heavy (non-hydrogen) atoms. The lowest BCUT2D eigenvalue weighted by Crippen LogP contribution is -2.26. The molecule has 0 bridgehead atoms. The molecule has 0 aromatic carbocycles. The Bertz CT molecular complexity index is 557. The standard InChI is InChI=1S/C13H14FN3OS/c1-15-12-11(14)10(3-6-16-12)13(18)17-5-2-9-4-7-19-8-9/h3-4,6-8H,2,5H2,1H3,(H,15,16)(H,17,18). The molecule has 2 N–H and O–H groups in total. The second-order valence-corrected chi connectivity index (χ2v) is 4.69. The van der Waals surface area contributed by atoms with E-state index in [9.17, 15) is 9.18 Å². The molecule has 0 saturated carbocycles. The first-order chi connectivity index (χ1) is 9.22. The molecule has 0 aliphatic carbocycles. The van der Waals surface area contributed by atoms with Crippen molar-refractivity contribution in [3.63, 3.8) is 0 Å². The highest BCUT2D eigenvalue weighted by atomic mass is 32.1. The van der Waals surface area contributed by atoms with Crippen molar-refractivity contribution >= 4 is 23.1 Å². The van der Waals surface area contributed by atoms with Gasteiger partial charge in [-0.2, -0.15) is 11.3 Å². The number of rotatable bonds is 5. The van der Waals surface area contributed by atoms with Crippen molar-refractivity contribution < 1.29 is 9.18 Å². The molecule has 0 unspecified atom stereocenters. The Morgan fingerprint density at radius 1 is 1.47 bits per heavy atom. The van der Waals surface area contributed by atoms with Crippen molar-refractivity contribution in [3.05, 3.63) is 46.0 Å². The Morgan fingerprint density at radius 3 is 3.00 bits per heavy atom. The summed E-state index contributed by atoms with van der Waals surface area (Å²) in [5.41, 5.74) is 1.17. The second-order valence-electron chi connectivity index (χ2n) is 3.91. The molecule has 6 heteroatoms. The summed E-state index contributed by atoms with van der Waals surface area (Å²) in [5, 5.41) is 9.31. The van der Waals surface area contributed by atoms with Gasteiger partial charge in [-0.15, -0.1) is 0 Å². The monoisotopic (exact) mass is 279 g/mol. The number of carbonyl (C=O) groups excluding carboxylic acids is 1. The van der Waals surface area contributed by atoms with Crippen LogP contribution < -0.4 is 10.6 Å². The fourth-order valence-electron chi connectivity index (χ4n) is 1.64. The zero-order chi connectivity index (χ0) is 13.7. The molecule has 0 fully saturated rings. The number of anilines is 1. The number of nitrogens with one attached hydrogen (secondary N) is 2. The van der Waals surface area contributed by atoms with Crippen molar-refractivity contribution in [2.24, 2.45) is 0 Å². The molecule has 2 aromatic heterocycles. The average molecular weight is 279 g/mol. The number of aromatic nitrogens is 1. The maximum atomic E-state index is 13.8. The number of thiophene rings is 1. The largest absolute Gasteiger partial charge is 0.371 e. The Hall–Kier alpha value is -1.95. The van der Waals surface area contributed by atoms with Crippen LogP contribution in [0.15, 0.2) is 29.1 Å². The topological polar surface area (TPSA) is 54.0 Å². The van der Waals surface area contributed by atoms with E-state index in [2.05, 4.69) is 15.6 Å². The summed E-state index contributed by atoms with van der Waals surface area (Å²) in [6.07, 6.45) is 2.14. The van der Waals surface area contributed by atoms with Crippen molar-refractivity contribution in [1.82, 2.24) is 10.3 Å². The van der Waals surface area contributed by atoms with E-state index in [-0.39, 0.29) is 11.4 Å². The van der Waals surface area contributed by atoms with E-state index in [0.717, 1.165) is 12.0 Å². The normalized spacial score (nSPS) is 10.2. The summed E-state index contributed by atoms with van der Waals surface area (Å²) < 4.78 is 13.8. The van der Waals surface area contributed by atoms with Crippen molar-refractivity contribution in [2.45, 2.75) is 6.42 Å². The lowest BCUT2D eigenvalue weighted by molar-refractivity contribution is 0.0950. The van der Waals surface area contributed by atoms with Crippen molar-refractivity contribution in [2.75, 3.05) is 18.9 Å². The molecule has 100 valence electrons. The van der Waals surface area contributed by atoms with Gasteiger partial charge in [0.25, 0.3) is 5.91 Å². The number of nitrogens with zero attached hydrogens (tertiary/aromatic N) is 1. The van der Waals surface area contributed by atoms with Crippen LogP contribution in [0.1, 0.15) is 15.9 Å². The molecule has 2 heterocycles. The van der Waals surface area contributed by atoms with E-state index >= 15 is 0 Å². The van der Waals surface area contributed by atoms with Gasteiger partial charge in [0.1, 0.15) is 0 Å². The Morgan fingerprint density at radius 2 is 2.32 bits per heavy atom. The first-order valence-corrected chi connectivity index (χ1v) is 6.78. The summed E-state index contributed by atoms with van der Waals surface area (Å²) in [4.78, 5) is 15.7. The fourth-order valence-corrected chi connectivity index (χ4v) is 2.35. The number of hydrogen-bond donors (Lipinski definition) is 2. The highest BCUT2D eigenvalue weighted by molar-refractivity contribution is 7.07. The highest BCUT2D eigenvalue weighted by Gasteiger charge is 2.14. The molecule has 2 aromatic rings. The molecule has 0 atom stereocenters. The van der Waals surface area contributed by atoms with Gasteiger partial charge in [-0.05, 0) is 34.9 Å². The van der Waals surface area contributed by atoms with Gasteiger partial charge in [0.15, 0.2) is 11.6 Å².